The number of hydrogen-bond donors (Lipinski definition) is 1. The first-order valence-electron chi connectivity index (χ1n) is 10.5. The van der Waals surface area contributed by atoms with Gasteiger partial charge in [-0.2, -0.15) is 18.9 Å². The lowest BCUT2D eigenvalue weighted by atomic mass is 9.92. The van der Waals surface area contributed by atoms with E-state index >= 15 is 0 Å². The van der Waals surface area contributed by atoms with Gasteiger partial charge in [-0.25, -0.2) is 0 Å². The zero-order valence-electron chi connectivity index (χ0n) is 17.0. The molecule has 1 aliphatic heterocycles. The Hall–Kier alpha value is -2.51. The highest BCUT2D eigenvalue weighted by molar-refractivity contribution is 6.36. The van der Waals surface area contributed by atoms with Crippen molar-refractivity contribution in [2.75, 3.05) is 6.54 Å². The molecule has 0 unspecified atom stereocenters. The van der Waals surface area contributed by atoms with E-state index in [0.29, 0.717) is 34.1 Å². The first kappa shape index (κ1) is 21.3. The fourth-order valence-corrected chi connectivity index (χ4v) is 5.45. The summed E-state index contributed by atoms with van der Waals surface area (Å²) < 4.78 is 27.2. The number of carbonyl (C=O) groups is 1. The Kier molecular flexibility index (Phi) is 5.63. The first-order valence-corrected chi connectivity index (χ1v) is 11.3. The molecule has 3 aromatic rings. The predicted molar refractivity (Wildman–Crippen MR) is 118 cm³/mol. The van der Waals surface area contributed by atoms with Crippen LogP contribution in [-0.4, -0.2) is 38.6 Å². The van der Waals surface area contributed by atoms with Crippen LogP contribution in [0, 0.1) is 17.8 Å². The number of fused-ring (bicyclic) bond motifs is 1. The van der Waals surface area contributed by atoms with Crippen LogP contribution in [0.25, 0.3) is 11.1 Å². The van der Waals surface area contributed by atoms with E-state index in [9.17, 15) is 13.6 Å². The molecule has 5 rings (SSSR count). The molecule has 0 saturated carbocycles. The lowest BCUT2D eigenvalue weighted by molar-refractivity contribution is -0.133. The summed E-state index contributed by atoms with van der Waals surface area (Å²) in [6, 6.07) is 5.73. The Bertz CT molecular complexity index is 1180. The molecule has 2 aromatic heterocycles. The van der Waals surface area contributed by atoms with E-state index in [4.69, 9.17) is 23.2 Å². The number of nitrogens with one attached hydrogen (secondary N) is 1. The number of carbonyl (C=O) groups excluding carboxylic acids is 1. The summed E-state index contributed by atoms with van der Waals surface area (Å²) in [5.41, 5.74) is 3.53. The molecule has 1 aliphatic carbocycles. The largest absolute Gasteiger partial charge is 0.339 e. The quantitative estimate of drug-likeness (QED) is 0.538. The fourth-order valence-electron chi connectivity index (χ4n) is 4.81. The molecule has 0 bridgehead atoms. The third-order valence-electron chi connectivity index (χ3n) is 6.50. The molecule has 1 saturated heterocycles. The van der Waals surface area contributed by atoms with Gasteiger partial charge in [0, 0.05) is 39.8 Å². The fraction of sp³-hybridized carbons (Fsp3) is 0.348. The van der Waals surface area contributed by atoms with Gasteiger partial charge in [-0.1, -0.05) is 23.2 Å². The molecule has 0 radical (unpaired) electrons. The van der Waals surface area contributed by atoms with Crippen LogP contribution in [0.2, 0.25) is 10.0 Å². The highest BCUT2D eigenvalue weighted by Gasteiger charge is 2.38. The maximum absolute atomic E-state index is 14.1. The molecule has 1 fully saturated rings. The molecule has 1 aromatic carbocycles. The normalized spacial score (nSPS) is 20.6. The SMILES string of the molecule is O=C1[C@H](Cc2c(Cl)cc(-c3ccc(F)nc3F)cc2Cl)CCN1[C@H]1CCc2[nH]ncc2C1. The molecular formula is C23H20Cl2F2N4O. The van der Waals surface area contributed by atoms with Gasteiger partial charge < -0.3 is 4.90 Å². The van der Waals surface area contributed by atoms with Crippen molar-refractivity contribution in [3.8, 4) is 11.1 Å². The van der Waals surface area contributed by atoms with Crippen molar-refractivity contribution in [1.29, 1.82) is 0 Å². The number of halogens is 4. The molecule has 0 spiro atoms. The molecule has 9 heteroatoms. The number of amides is 1. The van der Waals surface area contributed by atoms with Gasteiger partial charge in [0.1, 0.15) is 0 Å². The molecule has 5 nitrogen and oxygen atoms in total. The van der Waals surface area contributed by atoms with Crippen LogP contribution in [0.3, 0.4) is 0 Å². The van der Waals surface area contributed by atoms with Crippen LogP contribution in [0.5, 0.6) is 0 Å². The first-order chi connectivity index (χ1) is 15.4. The van der Waals surface area contributed by atoms with E-state index < -0.39 is 11.9 Å². The van der Waals surface area contributed by atoms with Gasteiger partial charge in [-0.05, 0) is 73.1 Å². The molecule has 32 heavy (non-hydrogen) atoms. The molecule has 1 N–H and O–H groups in total. The number of H-pyrrole nitrogens is 1. The minimum absolute atomic E-state index is 0.112. The average molecular weight is 477 g/mol. The van der Waals surface area contributed by atoms with Gasteiger partial charge in [0.2, 0.25) is 17.8 Å². The van der Waals surface area contributed by atoms with Crippen molar-refractivity contribution < 1.29 is 13.6 Å². The van der Waals surface area contributed by atoms with Crippen molar-refractivity contribution in [2.24, 2.45) is 5.92 Å². The number of aromatic nitrogens is 3. The minimum Gasteiger partial charge on any atom is -0.339 e. The Labute approximate surface area is 193 Å². The van der Waals surface area contributed by atoms with Crippen LogP contribution in [0.4, 0.5) is 8.78 Å². The molecule has 1 amide bonds. The van der Waals surface area contributed by atoms with Crippen LogP contribution >= 0.6 is 23.2 Å². The average Bonchev–Trinajstić information content (AvgIpc) is 3.36. The van der Waals surface area contributed by atoms with Crippen molar-refractivity contribution in [3.63, 3.8) is 0 Å². The number of pyridine rings is 1. The topological polar surface area (TPSA) is 61.9 Å². The number of rotatable bonds is 4. The maximum Gasteiger partial charge on any atom is 0.226 e. The lowest BCUT2D eigenvalue weighted by Gasteiger charge is -2.31. The molecule has 2 aliphatic rings. The number of aryl methyl sites for hydroxylation is 1. The highest BCUT2D eigenvalue weighted by Crippen LogP contribution is 2.37. The Morgan fingerprint density at radius 1 is 1.16 bits per heavy atom. The van der Waals surface area contributed by atoms with Crippen LogP contribution in [0.15, 0.2) is 30.5 Å². The molecule has 166 valence electrons. The van der Waals surface area contributed by atoms with Crippen molar-refractivity contribution in [1.82, 2.24) is 20.1 Å². The van der Waals surface area contributed by atoms with Gasteiger partial charge in [-0.15, -0.1) is 0 Å². The lowest BCUT2D eigenvalue weighted by Crippen LogP contribution is -2.41. The van der Waals surface area contributed by atoms with Gasteiger partial charge in [0.25, 0.3) is 0 Å². The second-order valence-electron chi connectivity index (χ2n) is 8.38. The minimum atomic E-state index is -0.931. The van der Waals surface area contributed by atoms with Gasteiger partial charge >= 0.3 is 0 Å². The van der Waals surface area contributed by atoms with Crippen LogP contribution < -0.4 is 0 Å². The van der Waals surface area contributed by atoms with E-state index in [-0.39, 0.29) is 23.4 Å². The predicted octanol–water partition coefficient (Wildman–Crippen LogP) is 5.01. The maximum atomic E-state index is 14.1. The van der Waals surface area contributed by atoms with Crippen LogP contribution in [-0.2, 0) is 24.1 Å². The number of likely N-dealkylation sites (tertiary alicyclic amines) is 1. The van der Waals surface area contributed by atoms with E-state index in [2.05, 4.69) is 15.2 Å². The highest BCUT2D eigenvalue weighted by atomic mass is 35.5. The molecule has 2 atom stereocenters. The second kappa shape index (κ2) is 8.45. The number of hydrogen-bond acceptors (Lipinski definition) is 3. The van der Waals surface area contributed by atoms with E-state index in [0.717, 1.165) is 37.4 Å². The Morgan fingerprint density at radius 3 is 2.69 bits per heavy atom. The summed E-state index contributed by atoms with van der Waals surface area (Å²) in [6.45, 7) is 0.709. The zero-order valence-corrected chi connectivity index (χ0v) is 18.6. The Morgan fingerprint density at radius 2 is 1.94 bits per heavy atom. The second-order valence-corrected chi connectivity index (χ2v) is 9.20. The summed E-state index contributed by atoms with van der Waals surface area (Å²) in [7, 11) is 0. The number of aromatic amines is 1. The smallest absolute Gasteiger partial charge is 0.226 e. The third-order valence-corrected chi connectivity index (χ3v) is 7.17. The van der Waals surface area contributed by atoms with Gasteiger partial charge in [0.05, 0.1) is 6.20 Å². The van der Waals surface area contributed by atoms with E-state index in [1.165, 1.54) is 11.6 Å². The summed E-state index contributed by atoms with van der Waals surface area (Å²) in [5, 5.41) is 7.84. The summed E-state index contributed by atoms with van der Waals surface area (Å²) in [6.07, 6.45) is 5.63. The van der Waals surface area contributed by atoms with E-state index in [1.807, 2.05) is 11.1 Å². The third kappa shape index (κ3) is 3.88. The van der Waals surface area contributed by atoms with Crippen molar-refractivity contribution in [3.05, 3.63) is 69.2 Å². The summed E-state index contributed by atoms with van der Waals surface area (Å²) in [5.74, 6) is -1.91. The van der Waals surface area contributed by atoms with E-state index in [1.54, 1.807) is 12.1 Å². The van der Waals surface area contributed by atoms with Gasteiger partial charge in [-0.3, -0.25) is 9.89 Å². The summed E-state index contributed by atoms with van der Waals surface area (Å²) >= 11 is 13.0. The van der Waals surface area contributed by atoms with Gasteiger partial charge in [0.15, 0.2) is 0 Å². The number of nitrogens with zero attached hydrogens (tertiary/aromatic N) is 3. The molecule has 3 heterocycles. The molecular weight excluding hydrogens is 457 g/mol. The van der Waals surface area contributed by atoms with Crippen molar-refractivity contribution in [2.45, 2.75) is 38.1 Å². The summed E-state index contributed by atoms with van der Waals surface area (Å²) in [4.78, 5) is 18.4. The zero-order chi connectivity index (χ0) is 22.4. The standard InChI is InChI=1S/C23H20Cl2F2N4O/c24-18-9-13(16-2-4-21(26)29-22(16)27)10-19(25)17(18)8-12-5-6-31(23(12)32)15-1-3-20-14(7-15)11-28-30-20/h2,4,9-12,15H,1,3,5-8H2,(H,28,30)/t12-,15-/m0/s1. The Balaban J connectivity index is 1.33. The van der Waals surface area contributed by atoms with Crippen LogP contribution in [0.1, 0.15) is 29.7 Å². The monoisotopic (exact) mass is 476 g/mol. The number of benzene rings is 1. The van der Waals surface area contributed by atoms with Crippen molar-refractivity contribution >= 4 is 29.1 Å².